The molecule has 7 nitrogen and oxygen atoms in total. The fourth-order valence-corrected chi connectivity index (χ4v) is 1.00. The number of aliphatic carboxylic acids is 1. The third-order valence-electron chi connectivity index (χ3n) is 1.77. The van der Waals surface area contributed by atoms with Gasteiger partial charge in [0, 0.05) is 13.2 Å². The second kappa shape index (κ2) is 5.64. The summed E-state index contributed by atoms with van der Waals surface area (Å²) < 4.78 is 0. The molecule has 86 valence electrons. The van der Waals surface area contributed by atoms with Gasteiger partial charge >= 0.3 is 12.0 Å². The van der Waals surface area contributed by atoms with E-state index < -0.39 is 12.0 Å². The van der Waals surface area contributed by atoms with Gasteiger partial charge in [-0.25, -0.2) is 4.79 Å². The van der Waals surface area contributed by atoms with Crippen molar-refractivity contribution in [3.05, 3.63) is 24.0 Å². The largest absolute Gasteiger partial charge is 0.480 e. The molecule has 0 aliphatic carbocycles. The molecular formula is C9H12N4O3. The maximum atomic E-state index is 11.4. The lowest BCUT2D eigenvalue weighted by atomic mass is 10.4. The molecule has 2 N–H and O–H groups in total. The quantitative estimate of drug-likeness (QED) is 0.732. The van der Waals surface area contributed by atoms with Crippen LogP contribution < -0.4 is 5.32 Å². The number of hydrogen-bond donors (Lipinski definition) is 2. The number of carbonyl (C=O) groups is 2. The summed E-state index contributed by atoms with van der Waals surface area (Å²) in [7, 11) is 1.40. The lowest BCUT2D eigenvalue weighted by molar-refractivity contribution is -0.137. The second-order valence-corrected chi connectivity index (χ2v) is 3.12. The fraction of sp³-hybridized carbons (Fsp3) is 0.333. The Morgan fingerprint density at radius 2 is 2.31 bits per heavy atom. The Hall–Kier alpha value is -2.18. The summed E-state index contributed by atoms with van der Waals surface area (Å²) in [5, 5.41) is 18.4. The Bertz CT molecular complexity index is 368. The molecule has 1 rings (SSSR count). The van der Waals surface area contributed by atoms with Crippen molar-refractivity contribution in [2.45, 2.75) is 6.54 Å². The predicted octanol–water partition coefficient (Wildman–Crippen LogP) is -0.297. The number of carbonyl (C=O) groups excluding carboxylic acids is 1. The molecule has 0 unspecified atom stereocenters. The van der Waals surface area contributed by atoms with Crippen molar-refractivity contribution in [1.29, 1.82) is 0 Å². The fourth-order valence-electron chi connectivity index (χ4n) is 1.00. The highest BCUT2D eigenvalue weighted by atomic mass is 16.4. The number of amides is 2. The number of likely N-dealkylation sites (N-methyl/N-ethyl adjacent to an activating group) is 1. The minimum Gasteiger partial charge on any atom is -0.480 e. The molecule has 1 heterocycles. The van der Waals surface area contributed by atoms with Gasteiger partial charge in [-0.2, -0.15) is 10.2 Å². The normalized spacial score (nSPS) is 9.56. The van der Waals surface area contributed by atoms with Gasteiger partial charge in [-0.1, -0.05) is 0 Å². The molecule has 0 saturated heterocycles. The smallest absolute Gasteiger partial charge is 0.323 e. The van der Waals surface area contributed by atoms with Gasteiger partial charge in [0.15, 0.2) is 0 Å². The Morgan fingerprint density at radius 1 is 1.56 bits per heavy atom. The number of hydrogen-bond acceptors (Lipinski definition) is 4. The van der Waals surface area contributed by atoms with Crippen LogP contribution in [0.5, 0.6) is 0 Å². The van der Waals surface area contributed by atoms with Gasteiger partial charge in [0.05, 0.1) is 12.2 Å². The zero-order valence-electron chi connectivity index (χ0n) is 8.75. The van der Waals surface area contributed by atoms with Crippen LogP contribution in [0.3, 0.4) is 0 Å². The predicted molar refractivity (Wildman–Crippen MR) is 54.5 cm³/mol. The van der Waals surface area contributed by atoms with E-state index >= 15 is 0 Å². The highest BCUT2D eigenvalue weighted by molar-refractivity contribution is 5.79. The maximum Gasteiger partial charge on any atom is 0.323 e. The van der Waals surface area contributed by atoms with Crippen molar-refractivity contribution in [1.82, 2.24) is 20.4 Å². The van der Waals surface area contributed by atoms with Crippen molar-refractivity contribution in [3.8, 4) is 0 Å². The number of carboxylic acid groups (broad SMARTS) is 1. The third-order valence-corrected chi connectivity index (χ3v) is 1.77. The van der Waals surface area contributed by atoms with Gasteiger partial charge in [-0.3, -0.25) is 4.79 Å². The standard InChI is InChI=1S/C9H12N4O3/c1-13(6-8(14)15)9(16)10-5-7-3-2-4-11-12-7/h2-4H,5-6H2,1H3,(H,10,16)(H,14,15). The molecular weight excluding hydrogens is 212 g/mol. The zero-order valence-corrected chi connectivity index (χ0v) is 8.75. The topological polar surface area (TPSA) is 95.4 Å². The second-order valence-electron chi connectivity index (χ2n) is 3.12. The van der Waals surface area contributed by atoms with E-state index in [4.69, 9.17) is 5.11 Å². The van der Waals surface area contributed by atoms with E-state index in [-0.39, 0.29) is 13.1 Å². The highest BCUT2D eigenvalue weighted by Crippen LogP contribution is 1.91. The summed E-state index contributed by atoms with van der Waals surface area (Å²) in [6.45, 7) is -0.122. The molecule has 0 radical (unpaired) electrons. The first-order chi connectivity index (χ1) is 7.59. The molecule has 1 aromatic heterocycles. The Morgan fingerprint density at radius 3 is 2.88 bits per heavy atom. The summed E-state index contributed by atoms with van der Waals surface area (Å²) in [6.07, 6.45) is 1.53. The van der Waals surface area contributed by atoms with Gasteiger partial charge in [0.1, 0.15) is 6.54 Å². The van der Waals surface area contributed by atoms with Crippen LogP contribution in [0.2, 0.25) is 0 Å². The third kappa shape index (κ3) is 3.91. The van der Waals surface area contributed by atoms with Crippen molar-refractivity contribution in [2.75, 3.05) is 13.6 Å². The van der Waals surface area contributed by atoms with E-state index in [0.717, 1.165) is 4.90 Å². The Kier molecular flexibility index (Phi) is 4.19. The van der Waals surface area contributed by atoms with Crippen LogP contribution in [0.25, 0.3) is 0 Å². The Labute approximate surface area is 92.1 Å². The summed E-state index contributed by atoms with van der Waals surface area (Å²) in [4.78, 5) is 22.8. The number of carboxylic acids is 1. The van der Waals surface area contributed by atoms with E-state index in [2.05, 4.69) is 15.5 Å². The molecule has 0 spiro atoms. The first-order valence-electron chi connectivity index (χ1n) is 4.57. The van der Waals surface area contributed by atoms with E-state index in [1.165, 1.54) is 13.2 Å². The Balaban J connectivity index is 2.38. The molecule has 2 amide bonds. The molecule has 0 aliphatic rings. The molecule has 1 aromatic rings. The van der Waals surface area contributed by atoms with E-state index in [1.807, 2.05) is 0 Å². The van der Waals surface area contributed by atoms with Crippen molar-refractivity contribution >= 4 is 12.0 Å². The van der Waals surface area contributed by atoms with Gasteiger partial charge in [-0.05, 0) is 12.1 Å². The number of aromatic nitrogens is 2. The van der Waals surface area contributed by atoms with Crippen molar-refractivity contribution < 1.29 is 14.7 Å². The molecule has 0 atom stereocenters. The summed E-state index contributed by atoms with van der Waals surface area (Å²) in [6, 6.07) is 2.95. The zero-order chi connectivity index (χ0) is 12.0. The summed E-state index contributed by atoms with van der Waals surface area (Å²) in [5.74, 6) is -1.06. The lowest BCUT2D eigenvalue weighted by Gasteiger charge is -2.14. The van der Waals surface area contributed by atoms with E-state index in [0.29, 0.717) is 5.69 Å². The molecule has 0 fully saturated rings. The van der Waals surface area contributed by atoms with E-state index in [1.54, 1.807) is 12.1 Å². The number of nitrogens with zero attached hydrogens (tertiary/aromatic N) is 3. The summed E-state index contributed by atoms with van der Waals surface area (Å²) in [5.41, 5.74) is 0.611. The average Bonchev–Trinajstić information content (AvgIpc) is 2.26. The first kappa shape index (κ1) is 11.9. The van der Waals surface area contributed by atoms with Crippen LogP contribution in [-0.2, 0) is 11.3 Å². The molecule has 7 heteroatoms. The molecule has 0 aliphatic heterocycles. The van der Waals surface area contributed by atoms with Crippen LogP contribution >= 0.6 is 0 Å². The van der Waals surface area contributed by atoms with Gasteiger partial charge < -0.3 is 15.3 Å². The van der Waals surface area contributed by atoms with Crippen LogP contribution in [-0.4, -0.2) is 45.8 Å². The van der Waals surface area contributed by atoms with Crippen molar-refractivity contribution in [3.63, 3.8) is 0 Å². The van der Waals surface area contributed by atoms with Crippen LogP contribution in [0.15, 0.2) is 18.3 Å². The number of urea groups is 1. The molecule has 0 saturated carbocycles. The average molecular weight is 224 g/mol. The molecule has 0 bridgehead atoms. The SMILES string of the molecule is CN(CC(=O)O)C(=O)NCc1cccnn1. The van der Waals surface area contributed by atoms with Crippen LogP contribution in [0, 0.1) is 0 Å². The monoisotopic (exact) mass is 224 g/mol. The highest BCUT2D eigenvalue weighted by Gasteiger charge is 2.11. The maximum absolute atomic E-state index is 11.4. The number of rotatable bonds is 4. The van der Waals surface area contributed by atoms with Crippen molar-refractivity contribution in [2.24, 2.45) is 0 Å². The van der Waals surface area contributed by atoms with E-state index in [9.17, 15) is 9.59 Å². The minimum atomic E-state index is -1.06. The number of nitrogens with one attached hydrogen (secondary N) is 1. The molecule has 0 aromatic carbocycles. The first-order valence-corrected chi connectivity index (χ1v) is 4.57. The minimum absolute atomic E-state index is 0.219. The van der Waals surface area contributed by atoms with Gasteiger partial charge in [0.2, 0.25) is 0 Å². The summed E-state index contributed by atoms with van der Waals surface area (Å²) >= 11 is 0. The lowest BCUT2D eigenvalue weighted by Crippen LogP contribution is -2.39. The van der Waals surface area contributed by atoms with Crippen LogP contribution in [0.4, 0.5) is 4.79 Å². The molecule has 16 heavy (non-hydrogen) atoms. The van der Waals surface area contributed by atoms with Gasteiger partial charge in [0.25, 0.3) is 0 Å². The van der Waals surface area contributed by atoms with Crippen LogP contribution in [0.1, 0.15) is 5.69 Å². The van der Waals surface area contributed by atoms with Gasteiger partial charge in [-0.15, -0.1) is 0 Å².